The molecular weight excluding hydrogens is 264 g/mol. The van der Waals surface area contributed by atoms with Crippen LogP contribution in [-0.4, -0.2) is 51.3 Å². The van der Waals surface area contributed by atoms with Crippen molar-refractivity contribution < 1.29 is 15.0 Å². The Morgan fingerprint density at radius 1 is 1.42 bits per heavy atom. The van der Waals surface area contributed by atoms with Crippen molar-refractivity contribution in [2.75, 3.05) is 13.1 Å². The van der Waals surface area contributed by atoms with E-state index in [1.165, 1.54) is 11.3 Å². The van der Waals surface area contributed by atoms with E-state index in [1.54, 1.807) is 11.1 Å². The van der Waals surface area contributed by atoms with Gasteiger partial charge in [0.1, 0.15) is 4.88 Å². The molecular formula is C13H18N2O3S. The van der Waals surface area contributed by atoms with Gasteiger partial charge in [-0.25, -0.2) is 4.98 Å². The second-order valence-electron chi connectivity index (χ2n) is 5.54. The molecule has 104 valence electrons. The predicted molar refractivity (Wildman–Crippen MR) is 71.1 cm³/mol. The topological polar surface area (TPSA) is 73.7 Å². The molecule has 1 aliphatic heterocycles. The number of piperidine rings is 1. The van der Waals surface area contributed by atoms with Gasteiger partial charge in [-0.2, -0.15) is 0 Å². The highest BCUT2D eigenvalue weighted by atomic mass is 32.1. The SMILES string of the molecule is Cc1ncc(C(=O)N2CCC3(CC2)[C@H](O)C[C@@H]3O)s1. The maximum absolute atomic E-state index is 12.3. The van der Waals surface area contributed by atoms with E-state index in [4.69, 9.17) is 0 Å². The first kappa shape index (κ1) is 13.0. The van der Waals surface area contributed by atoms with Crippen LogP contribution in [0.15, 0.2) is 6.20 Å². The van der Waals surface area contributed by atoms with Crippen molar-refractivity contribution in [2.45, 2.75) is 38.4 Å². The number of aryl methyl sites for hydroxylation is 1. The molecule has 1 aromatic heterocycles. The van der Waals surface area contributed by atoms with Gasteiger partial charge in [0.15, 0.2) is 0 Å². The van der Waals surface area contributed by atoms with Crippen molar-refractivity contribution in [3.63, 3.8) is 0 Å². The number of hydrogen-bond acceptors (Lipinski definition) is 5. The lowest BCUT2D eigenvalue weighted by atomic mass is 9.58. The highest BCUT2D eigenvalue weighted by Gasteiger charge is 2.55. The van der Waals surface area contributed by atoms with Crippen LogP contribution in [0.25, 0.3) is 0 Å². The van der Waals surface area contributed by atoms with Crippen LogP contribution in [0.4, 0.5) is 0 Å². The Labute approximate surface area is 115 Å². The summed E-state index contributed by atoms with van der Waals surface area (Å²) in [6.07, 6.45) is 2.63. The molecule has 2 fully saturated rings. The van der Waals surface area contributed by atoms with E-state index in [0.29, 0.717) is 37.2 Å². The van der Waals surface area contributed by atoms with E-state index in [2.05, 4.69) is 4.98 Å². The third-order valence-corrected chi connectivity index (χ3v) is 5.49. The molecule has 5 nitrogen and oxygen atoms in total. The molecule has 1 saturated carbocycles. The minimum Gasteiger partial charge on any atom is -0.392 e. The molecule has 1 aliphatic carbocycles. The summed E-state index contributed by atoms with van der Waals surface area (Å²) in [6.45, 7) is 3.08. The van der Waals surface area contributed by atoms with Crippen molar-refractivity contribution in [1.29, 1.82) is 0 Å². The van der Waals surface area contributed by atoms with Gasteiger partial charge in [-0.3, -0.25) is 4.79 Å². The molecule has 2 N–H and O–H groups in total. The highest BCUT2D eigenvalue weighted by molar-refractivity contribution is 7.13. The van der Waals surface area contributed by atoms with Crippen molar-refractivity contribution in [3.8, 4) is 0 Å². The van der Waals surface area contributed by atoms with Crippen LogP contribution in [0.2, 0.25) is 0 Å². The second kappa shape index (κ2) is 4.54. The van der Waals surface area contributed by atoms with E-state index in [-0.39, 0.29) is 11.3 Å². The summed E-state index contributed by atoms with van der Waals surface area (Å²) in [4.78, 5) is 18.8. The number of thiazole rings is 1. The Hall–Kier alpha value is -0.980. The van der Waals surface area contributed by atoms with Gasteiger partial charge in [0, 0.05) is 24.9 Å². The average molecular weight is 282 g/mol. The lowest BCUT2D eigenvalue weighted by Crippen LogP contribution is -2.61. The van der Waals surface area contributed by atoms with E-state index in [9.17, 15) is 15.0 Å². The number of carbonyl (C=O) groups is 1. The minimum atomic E-state index is -0.412. The maximum atomic E-state index is 12.3. The third kappa shape index (κ3) is 1.98. The van der Waals surface area contributed by atoms with Crippen molar-refractivity contribution in [1.82, 2.24) is 9.88 Å². The number of rotatable bonds is 1. The zero-order chi connectivity index (χ0) is 13.6. The quantitative estimate of drug-likeness (QED) is 0.799. The molecule has 1 spiro atoms. The zero-order valence-corrected chi connectivity index (χ0v) is 11.7. The summed E-state index contributed by atoms with van der Waals surface area (Å²) in [5.74, 6) is 0.0174. The zero-order valence-electron chi connectivity index (χ0n) is 10.9. The summed E-state index contributed by atoms with van der Waals surface area (Å²) in [5, 5.41) is 20.6. The van der Waals surface area contributed by atoms with Crippen LogP contribution >= 0.6 is 11.3 Å². The van der Waals surface area contributed by atoms with Crippen LogP contribution < -0.4 is 0 Å². The molecule has 0 aromatic carbocycles. The lowest BCUT2D eigenvalue weighted by Gasteiger charge is -2.54. The summed E-state index contributed by atoms with van der Waals surface area (Å²) in [6, 6.07) is 0. The number of hydrogen-bond donors (Lipinski definition) is 2. The smallest absolute Gasteiger partial charge is 0.265 e. The first-order valence-electron chi connectivity index (χ1n) is 6.61. The van der Waals surface area contributed by atoms with E-state index in [1.807, 2.05) is 6.92 Å². The van der Waals surface area contributed by atoms with Crippen molar-refractivity contribution >= 4 is 17.2 Å². The maximum Gasteiger partial charge on any atom is 0.265 e. The summed E-state index contributed by atoms with van der Waals surface area (Å²) < 4.78 is 0. The predicted octanol–water partition coefficient (Wildman–Crippen LogP) is 0.799. The normalized spacial score (nSPS) is 29.3. The Balaban J connectivity index is 1.66. The molecule has 19 heavy (non-hydrogen) atoms. The Morgan fingerprint density at radius 3 is 2.53 bits per heavy atom. The van der Waals surface area contributed by atoms with Gasteiger partial charge in [-0.15, -0.1) is 11.3 Å². The lowest BCUT2D eigenvalue weighted by molar-refractivity contribution is -0.187. The monoisotopic (exact) mass is 282 g/mol. The fourth-order valence-corrected chi connectivity index (χ4v) is 3.90. The number of likely N-dealkylation sites (tertiary alicyclic amines) is 1. The molecule has 1 saturated heterocycles. The molecule has 3 rings (SSSR count). The average Bonchev–Trinajstić information content (AvgIpc) is 2.85. The first-order chi connectivity index (χ1) is 9.03. The highest BCUT2D eigenvalue weighted by Crippen LogP contribution is 2.49. The van der Waals surface area contributed by atoms with Gasteiger partial charge in [0.05, 0.1) is 23.4 Å². The van der Waals surface area contributed by atoms with Gasteiger partial charge in [-0.1, -0.05) is 0 Å². The first-order valence-corrected chi connectivity index (χ1v) is 7.42. The molecule has 0 unspecified atom stereocenters. The second-order valence-corrected chi connectivity index (χ2v) is 6.77. The van der Waals surface area contributed by atoms with E-state index < -0.39 is 12.2 Å². The van der Waals surface area contributed by atoms with Crippen molar-refractivity contribution in [3.05, 3.63) is 16.1 Å². The number of aromatic nitrogens is 1. The van der Waals surface area contributed by atoms with Gasteiger partial charge in [-0.05, 0) is 19.8 Å². The summed E-state index contributed by atoms with van der Waals surface area (Å²) >= 11 is 1.41. The van der Waals surface area contributed by atoms with Gasteiger partial charge >= 0.3 is 0 Å². The van der Waals surface area contributed by atoms with Gasteiger partial charge in [0.25, 0.3) is 5.91 Å². The molecule has 6 heteroatoms. The van der Waals surface area contributed by atoms with Gasteiger partial charge < -0.3 is 15.1 Å². The van der Waals surface area contributed by atoms with Crippen molar-refractivity contribution in [2.24, 2.45) is 5.41 Å². The van der Waals surface area contributed by atoms with Crippen LogP contribution in [0.5, 0.6) is 0 Å². The molecule has 1 aromatic rings. The van der Waals surface area contributed by atoms with Crippen LogP contribution in [-0.2, 0) is 0 Å². The number of aliphatic hydroxyl groups is 2. The molecule has 1 amide bonds. The Bertz CT molecular complexity index is 484. The molecule has 2 heterocycles. The molecule has 0 radical (unpaired) electrons. The summed E-state index contributed by atoms with van der Waals surface area (Å²) in [5.41, 5.74) is -0.361. The molecule has 2 aliphatic rings. The molecule has 2 atom stereocenters. The number of amides is 1. The van der Waals surface area contributed by atoms with Gasteiger partial charge in [0.2, 0.25) is 0 Å². The molecule has 0 bridgehead atoms. The standard InChI is InChI=1S/C13H18N2O3S/c1-8-14-7-9(19-8)12(18)15-4-2-13(3-5-15)10(16)6-11(13)17/h7,10-11,16-17H,2-6H2,1H3/t10-,11+. The summed E-state index contributed by atoms with van der Waals surface area (Å²) in [7, 11) is 0. The minimum absolute atomic E-state index is 0.0174. The van der Waals surface area contributed by atoms with Crippen LogP contribution in [0.1, 0.15) is 33.9 Å². The largest absolute Gasteiger partial charge is 0.392 e. The number of aliphatic hydroxyl groups excluding tert-OH is 2. The van der Waals surface area contributed by atoms with E-state index in [0.717, 1.165) is 5.01 Å². The Morgan fingerprint density at radius 2 is 2.05 bits per heavy atom. The van der Waals surface area contributed by atoms with E-state index >= 15 is 0 Å². The van der Waals surface area contributed by atoms with Crippen LogP contribution in [0.3, 0.4) is 0 Å². The third-order valence-electron chi connectivity index (χ3n) is 4.59. The van der Waals surface area contributed by atoms with Crippen LogP contribution in [0, 0.1) is 12.3 Å². The Kier molecular flexibility index (Phi) is 3.11. The fourth-order valence-electron chi connectivity index (χ4n) is 3.15. The number of nitrogens with zero attached hydrogens (tertiary/aromatic N) is 2. The number of carbonyl (C=O) groups excluding carboxylic acids is 1. The fraction of sp³-hybridized carbons (Fsp3) is 0.692.